The van der Waals surface area contributed by atoms with Gasteiger partial charge in [-0.05, 0) is 36.4 Å². The van der Waals surface area contributed by atoms with Gasteiger partial charge in [0.15, 0.2) is 5.78 Å². The minimum absolute atomic E-state index is 0.155. The lowest BCUT2D eigenvalue weighted by molar-refractivity contribution is 0.102. The van der Waals surface area contributed by atoms with Crippen molar-refractivity contribution in [2.45, 2.75) is 4.90 Å². The van der Waals surface area contributed by atoms with Gasteiger partial charge < -0.3 is 10.2 Å². The summed E-state index contributed by atoms with van der Waals surface area (Å²) < 4.78 is 0. The highest BCUT2D eigenvalue weighted by Gasteiger charge is 2.12. The standard InChI is InChI=1S/C21H21N3OS/c25-20(15-26-21-9-10-23-19-4-2-1-3-18(19)21)16-5-7-17(8-6-16)24-13-11-22-12-14-24/h1-10,22H,11-15H2. The smallest absolute Gasteiger partial charge is 0.173 e. The molecule has 3 aromatic rings. The van der Waals surface area contributed by atoms with Crippen LogP contribution in [-0.2, 0) is 0 Å². The van der Waals surface area contributed by atoms with Gasteiger partial charge in [-0.15, -0.1) is 11.8 Å². The normalized spacial score (nSPS) is 14.5. The number of fused-ring (bicyclic) bond motifs is 1. The molecule has 1 saturated heterocycles. The van der Waals surface area contributed by atoms with Crippen molar-refractivity contribution in [3.05, 3.63) is 66.4 Å². The summed E-state index contributed by atoms with van der Waals surface area (Å²) in [5, 5.41) is 4.45. The molecule has 0 amide bonds. The molecule has 0 atom stereocenters. The van der Waals surface area contributed by atoms with Crippen LogP contribution in [-0.4, -0.2) is 42.7 Å². The SMILES string of the molecule is O=C(CSc1ccnc2ccccc12)c1ccc(N2CCNCC2)cc1. The number of piperazine rings is 1. The second kappa shape index (κ2) is 7.89. The van der Waals surface area contributed by atoms with Crippen molar-refractivity contribution in [1.29, 1.82) is 0 Å². The summed E-state index contributed by atoms with van der Waals surface area (Å²) >= 11 is 1.58. The molecule has 0 radical (unpaired) electrons. The zero-order chi connectivity index (χ0) is 17.8. The van der Waals surface area contributed by atoms with Crippen molar-refractivity contribution >= 4 is 34.1 Å². The maximum Gasteiger partial charge on any atom is 0.173 e. The maximum absolute atomic E-state index is 12.6. The summed E-state index contributed by atoms with van der Waals surface area (Å²) in [5.74, 6) is 0.587. The summed E-state index contributed by atoms with van der Waals surface area (Å²) in [7, 11) is 0. The molecule has 4 rings (SSSR count). The predicted octanol–water partition coefficient (Wildman–Crippen LogP) is 3.62. The number of thioether (sulfide) groups is 1. The molecule has 1 aliphatic heterocycles. The molecule has 0 aliphatic carbocycles. The molecule has 2 aromatic carbocycles. The largest absolute Gasteiger partial charge is 0.369 e. The molecule has 1 aromatic heterocycles. The van der Waals surface area contributed by atoms with Gasteiger partial charge in [-0.3, -0.25) is 9.78 Å². The van der Waals surface area contributed by atoms with Gasteiger partial charge >= 0.3 is 0 Å². The molecule has 0 spiro atoms. The Hall–Kier alpha value is -2.37. The lowest BCUT2D eigenvalue weighted by atomic mass is 10.1. The summed E-state index contributed by atoms with van der Waals surface area (Å²) in [5.41, 5.74) is 2.93. The summed E-state index contributed by atoms with van der Waals surface area (Å²) in [4.78, 5) is 20.4. The number of pyridine rings is 1. The number of rotatable bonds is 5. The number of hydrogen-bond donors (Lipinski definition) is 1. The molecular weight excluding hydrogens is 342 g/mol. The van der Waals surface area contributed by atoms with E-state index >= 15 is 0 Å². The molecule has 26 heavy (non-hydrogen) atoms. The van der Waals surface area contributed by atoms with E-state index in [1.165, 1.54) is 5.69 Å². The van der Waals surface area contributed by atoms with E-state index in [1.54, 1.807) is 18.0 Å². The van der Waals surface area contributed by atoms with Gasteiger partial charge in [-0.1, -0.05) is 18.2 Å². The first-order valence-electron chi connectivity index (χ1n) is 8.87. The molecule has 4 nitrogen and oxygen atoms in total. The van der Waals surface area contributed by atoms with Crippen LogP contribution in [0.1, 0.15) is 10.4 Å². The highest BCUT2D eigenvalue weighted by Crippen LogP contribution is 2.27. The quantitative estimate of drug-likeness (QED) is 0.554. The monoisotopic (exact) mass is 363 g/mol. The number of benzene rings is 2. The first kappa shape index (κ1) is 17.1. The van der Waals surface area contributed by atoms with Crippen molar-refractivity contribution in [2.75, 3.05) is 36.8 Å². The summed E-state index contributed by atoms with van der Waals surface area (Å²) in [6.07, 6.45) is 1.80. The van der Waals surface area contributed by atoms with Crippen molar-refractivity contribution in [3.63, 3.8) is 0 Å². The third kappa shape index (κ3) is 3.74. The first-order chi connectivity index (χ1) is 12.8. The van der Waals surface area contributed by atoms with E-state index in [-0.39, 0.29) is 5.78 Å². The van der Waals surface area contributed by atoms with Crippen LogP contribution in [0.2, 0.25) is 0 Å². The predicted molar refractivity (Wildman–Crippen MR) is 108 cm³/mol. The van der Waals surface area contributed by atoms with E-state index in [2.05, 4.69) is 33.4 Å². The van der Waals surface area contributed by atoms with Gasteiger partial charge in [0, 0.05) is 53.9 Å². The molecule has 0 saturated carbocycles. The van der Waals surface area contributed by atoms with Crippen molar-refractivity contribution in [2.24, 2.45) is 0 Å². The van der Waals surface area contributed by atoms with Crippen LogP contribution in [0.25, 0.3) is 10.9 Å². The zero-order valence-electron chi connectivity index (χ0n) is 14.5. The number of anilines is 1. The van der Waals surface area contributed by atoms with Crippen molar-refractivity contribution < 1.29 is 4.79 Å². The van der Waals surface area contributed by atoms with Gasteiger partial charge in [0.2, 0.25) is 0 Å². The van der Waals surface area contributed by atoms with Crippen molar-refractivity contribution in [3.8, 4) is 0 Å². The highest BCUT2D eigenvalue weighted by molar-refractivity contribution is 8.00. The fraction of sp³-hybridized carbons (Fsp3) is 0.238. The Balaban J connectivity index is 1.43. The number of ketones is 1. The van der Waals surface area contributed by atoms with Crippen LogP contribution in [0.4, 0.5) is 5.69 Å². The van der Waals surface area contributed by atoms with E-state index in [0.29, 0.717) is 5.75 Å². The van der Waals surface area contributed by atoms with Gasteiger partial charge in [-0.25, -0.2) is 0 Å². The lowest BCUT2D eigenvalue weighted by Gasteiger charge is -2.29. The summed E-state index contributed by atoms with van der Waals surface area (Å²) in [6.45, 7) is 4.05. The Morgan fingerprint density at radius 2 is 1.81 bits per heavy atom. The molecule has 1 aliphatic rings. The Morgan fingerprint density at radius 1 is 1.04 bits per heavy atom. The fourth-order valence-electron chi connectivity index (χ4n) is 3.20. The Kier molecular flexibility index (Phi) is 5.18. The number of Topliss-reactive ketones (excluding diaryl/α,β-unsaturated/α-hetero) is 1. The topological polar surface area (TPSA) is 45.2 Å². The third-order valence-corrected chi connectivity index (χ3v) is 5.71. The molecule has 1 fully saturated rings. The zero-order valence-corrected chi connectivity index (χ0v) is 15.3. The van der Waals surface area contributed by atoms with Crippen LogP contribution in [0.3, 0.4) is 0 Å². The number of hydrogen-bond acceptors (Lipinski definition) is 5. The lowest BCUT2D eigenvalue weighted by Crippen LogP contribution is -2.43. The van der Waals surface area contributed by atoms with Crippen LogP contribution in [0.5, 0.6) is 0 Å². The number of carbonyl (C=O) groups is 1. The first-order valence-corrected chi connectivity index (χ1v) is 9.85. The average Bonchev–Trinajstić information content (AvgIpc) is 2.73. The molecule has 1 N–H and O–H groups in total. The van der Waals surface area contributed by atoms with E-state index in [0.717, 1.165) is 47.5 Å². The number of nitrogens with zero attached hydrogens (tertiary/aromatic N) is 2. The van der Waals surface area contributed by atoms with E-state index in [4.69, 9.17) is 0 Å². The van der Waals surface area contributed by atoms with E-state index in [1.807, 2.05) is 36.4 Å². The number of para-hydroxylation sites is 1. The van der Waals surface area contributed by atoms with Crippen LogP contribution >= 0.6 is 11.8 Å². The second-order valence-electron chi connectivity index (χ2n) is 6.32. The Labute approximate surface area is 157 Å². The molecule has 132 valence electrons. The van der Waals surface area contributed by atoms with Gasteiger partial charge in [0.25, 0.3) is 0 Å². The van der Waals surface area contributed by atoms with Gasteiger partial charge in [0.05, 0.1) is 11.3 Å². The molecule has 5 heteroatoms. The Bertz CT molecular complexity index is 899. The summed E-state index contributed by atoms with van der Waals surface area (Å²) in [6, 6.07) is 18.0. The number of carbonyl (C=O) groups excluding carboxylic acids is 1. The maximum atomic E-state index is 12.6. The minimum Gasteiger partial charge on any atom is -0.369 e. The minimum atomic E-state index is 0.155. The van der Waals surface area contributed by atoms with E-state index < -0.39 is 0 Å². The van der Waals surface area contributed by atoms with Crippen LogP contribution in [0, 0.1) is 0 Å². The average molecular weight is 363 g/mol. The molecular formula is C21H21N3OS. The molecule has 0 bridgehead atoms. The van der Waals surface area contributed by atoms with Gasteiger partial charge in [0.1, 0.15) is 0 Å². The third-order valence-electron chi connectivity index (χ3n) is 4.64. The van der Waals surface area contributed by atoms with Crippen LogP contribution in [0.15, 0.2) is 65.7 Å². The Morgan fingerprint density at radius 3 is 2.62 bits per heavy atom. The van der Waals surface area contributed by atoms with Crippen LogP contribution < -0.4 is 10.2 Å². The fourth-order valence-corrected chi connectivity index (χ4v) is 4.14. The van der Waals surface area contributed by atoms with E-state index in [9.17, 15) is 4.79 Å². The van der Waals surface area contributed by atoms with Crippen molar-refractivity contribution in [1.82, 2.24) is 10.3 Å². The highest BCUT2D eigenvalue weighted by atomic mass is 32.2. The molecule has 0 unspecified atom stereocenters. The molecule has 2 heterocycles. The number of nitrogens with one attached hydrogen (secondary N) is 1. The number of aromatic nitrogens is 1. The van der Waals surface area contributed by atoms with Gasteiger partial charge in [-0.2, -0.15) is 0 Å². The second-order valence-corrected chi connectivity index (χ2v) is 7.34.